The van der Waals surface area contributed by atoms with Crippen molar-refractivity contribution in [1.29, 1.82) is 0 Å². The number of rotatable bonds is 7. The van der Waals surface area contributed by atoms with Gasteiger partial charge < -0.3 is 10.1 Å². The van der Waals surface area contributed by atoms with Crippen LogP contribution in [0.4, 0.5) is 0 Å². The van der Waals surface area contributed by atoms with Crippen LogP contribution in [0.25, 0.3) is 0 Å². The molecule has 0 unspecified atom stereocenters. The lowest BCUT2D eigenvalue weighted by Crippen LogP contribution is -2.51. The monoisotopic (exact) mass is 347 g/mol. The molecule has 134 valence electrons. The molecule has 7 nitrogen and oxygen atoms in total. The number of carbonyl (C=O) groups is 1. The van der Waals surface area contributed by atoms with E-state index in [0.717, 1.165) is 58.5 Å². The summed E-state index contributed by atoms with van der Waals surface area (Å²) in [5, 5.41) is 2.90. The van der Waals surface area contributed by atoms with Gasteiger partial charge in [0.2, 0.25) is 15.9 Å². The van der Waals surface area contributed by atoms with Gasteiger partial charge in [-0.1, -0.05) is 6.42 Å². The Bertz CT molecular complexity index is 477. The zero-order chi connectivity index (χ0) is 16.7. The molecule has 8 heteroatoms. The number of nitrogens with zero attached hydrogens (tertiary/aromatic N) is 2. The van der Waals surface area contributed by atoms with E-state index in [1.54, 1.807) is 0 Å². The number of hydrogen-bond donors (Lipinski definition) is 1. The summed E-state index contributed by atoms with van der Waals surface area (Å²) in [4.78, 5) is 14.6. The van der Waals surface area contributed by atoms with Crippen LogP contribution in [0.2, 0.25) is 0 Å². The average molecular weight is 347 g/mol. The van der Waals surface area contributed by atoms with Crippen LogP contribution in [0, 0.1) is 0 Å². The van der Waals surface area contributed by atoms with E-state index in [-0.39, 0.29) is 5.91 Å². The highest BCUT2D eigenvalue weighted by Gasteiger charge is 2.34. The van der Waals surface area contributed by atoms with E-state index in [9.17, 15) is 13.2 Å². The zero-order valence-corrected chi connectivity index (χ0v) is 14.8. The molecule has 2 rings (SSSR count). The first kappa shape index (κ1) is 18.6. The highest BCUT2D eigenvalue weighted by Crippen LogP contribution is 2.19. The molecule has 0 aromatic heterocycles. The number of sulfonamides is 1. The minimum absolute atomic E-state index is 0.151. The fourth-order valence-electron chi connectivity index (χ4n) is 3.18. The highest BCUT2D eigenvalue weighted by molar-refractivity contribution is 7.88. The molecule has 0 spiro atoms. The fourth-order valence-corrected chi connectivity index (χ4v) is 4.30. The topological polar surface area (TPSA) is 79.0 Å². The van der Waals surface area contributed by atoms with Gasteiger partial charge in [-0.05, 0) is 32.2 Å². The summed E-state index contributed by atoms with van der Waals surface area (Å²) in [6, 6.07) is -0.530. The first-order chi connectivity index (χ1) is 11.0. The third-order valence-corrected chi connectivity index (χ3v) is 5.78. The lowest BCUT2D eigenvalue weighted by atomic mass is 10.0. The van der Waals surface area contributed by atoms with Gasteiger partial charge in [-0.15, -0.1) is 0 Å². The quantitative estimate of drug-likeness (QED) is 0.657. The Morgan fingerprint density at radius 2 is 1.91 bits per heavy atom. The number of unbranched alkanes of at least 4 members (excludes halogenated alkanes) is 1. The SMILES string of the molecule is CS(=O)(=O)N1CCCC[C@@H]1C(=O)NCCCCN1CCOCC1. The molecule has 2 heterocycles. The van der Waals surface area contributed by atoms with Crippen LogP contribution < -0.4 is 5.32 Å². The Hall–Kier alpha value is -0.700. The van der Waals surface area contributed by atoms with Crippen molar-refractivity contribution in [3.05, 3.63) is 0 Å². The number of ether oxygens (including phenoxy) is 1. The Morgan fingerprint density at radius 3 is 2.61 bits per heavy atom. The summed E-state index contributed by atoms with van der Waals surface area (Å²) in [6.07, 6.45) is 5.47. The van der Waals surface area contributed by atoms with Crippen LogP contribution in [0.3, 0.4) is 0 Å². The van der Waals surface area contributed by atoms with E-state index in [1.807, 2.05) is 0 Å². The van der Waals surface area contributed by atoms with Gasteiger partial charge in [-0.2, -0.15) is 4.31 Å². The molecule has 2 aliphatic heterocycles. The van der Waals surface area contributed by atoms with Crippen LogP contribution in [-0.2, 0) is 19.6 Å². The van der Waals surface area contributed by atoms with Crippen LogP contribution >= 0.6 is 0 Å². The van der Waals surface area contributed by atoms with Gasteiger partial charge in [0.15, 0.2) is 0 Å². The van der Waals surface area contributed by atoms with Crippen molar-refractivity contribution in [3.8, 4) is 0 Å². The molecule has 0 saturated carbocycles. The summed E-state index contributed by atoms with van der Waals surface area (Å²) < 4.78 is 30.2. The summed E-state index contributed by atoms with van der Waals surface area (Å²) in [5.74, 6) is -0.151. The van der Waals surface area contributed by atoms with Crippen molar-refractivity contribution in [2.45, 2.75) is 38.1 Å². The molecule has 1 amide bonds. The number of carbonyl (C=O) groups excluding carboxylic acids is 1. The third-order valence-electron chi connectivity index (χ3n) is 4.49. The number of morpholine rings is 1. The van der Waals surface area contributed by atoms with E-state index in [1.165, 1.54) is 10.6 Å². The standard InChI is InChI=1S/C15H29N3O4S/c1-23(20,21)18-9-4-2-6-14(18)15(19)16-7-3-5-8-17-10-12-22-13-11-17/h14H,2-13H2,1H3,(H,16,19)/t14-/m1/s1. The van der Waals surface area contributed by atoms with E-state index in [0.29, 0.717) is 19.5 Å². The number of hydrogen-bond acceptors (Lipinski definition) is 5. The van der Waals surface area contributed by atoms with E-state index >= 15 is 0 Å². The molecule has 0 aliphatic carbocycles. The minimum atomic E-state index is -3.32. The Balaban J connectivity index is 1.67. The molecule has 0 radical (unpaired) electrons. The van der Waals surface area contributed by atoms with Crippen molar-refractivity contribution >= 4 is 15.9 Å². The molecule has 23 heavy (non-hydrogen) atoms. The Labute approximate surface area is 139 Å². The lowest BCUT2D eigenvalue weighted by molar-refractivity contribution is -0.125. The molecule has 2 saturated heterocycles. The summed E-state index contributed by atoms with van der Waals surface area (Å²) in [6.45, 7) is 5.67. The van der Waals surface area contributed by atoms with Gasteiger partial charge in [-0.3, -0.25) is 9.69 Å². The van der Waals surface area contributed by atoms with E-state index < -0.39 is 16.1 Å². The van der Waals surface area contributed by atoms with Gasteiger partial charge >= 0.3 is 0 Å². The lowest BCUT2D eigenvalue weighted by Gasteiger charge is -2.32. The molecule has 0 bridgehead atoms. The smallest absolute Gasteiger partial charge is 0.238 e. The minimum Gasteiger partial charge on any atom is -0.379 e. The molecular formula is C15H29N3O4S. The summed E-state index contributed by atoms with van der Waals surface area (Å²) >= 11 is 0. The van der Waals surface area contributed by atoms with Crippen LogP contribution in [0.15, 0.2) is 0 Å². The number of nitrogens with one attached hydrogen (secondary N) is 1. The third kappa shape index (κ3) is 6.02. The molecular weight excluding hydrogens is 318 g/mol. The molecule has 0 aromatic rings. The predicted octanol–water partition coefficient (Wildman–Crippen LogP) is 0.0291. The second kappa shape index (κ2) is 8.96. The average Bonchev–Trinajstić information content (AvgIpc) is 2.54. The summed E-state index contributed by atoms with van der Waals surface area (Å²) in [7, 11) is -3.32. The van der Waals surface area contributed by atoms with E-state index in [4.69, 9.17) is 4.74 Å². The van der Waals surface area contributed by atoms with Crippen LogP contribution in [0.5, 0.6) is 0 Å². The van der Waals surface area contributed by atoms with Gasteiger partial charge in [0.25, 0.3) is 0 Å². The van der Waals surface area contributed by atoms with Crippen molar-refractivity contribution in [1.82, 2.24) is 14.5 Å². The maximum absolute atomic E-state index is 12.3. The van der Waals surface area contributed by atoms with Crippen molar-refractivity contribution in [3.63, 3.8) is 0 Å². The molecule has 1 atom stereocenters. The van der Waals surface area contributed by atoms with Gasteiger partial charge in [-0.25, -0.2) is 8.42 Å². The first-order valence-corrected chi connectivity index (χ1v) is 10.4. The predicted molar refractivity (Wildman–Crippen MR) is 88.7 cm³/mol. The van der Waals surface area contributed by atoms with Crippen molar-refractivity contribution in [2.24, 2.45) is 0 Å². The molecule has 0 aromatic carbocycles. The maximum atomic E-state index is 12.3. The largest absolute Gasteiger partial charge is 0.379 e. The molecule has 1 N–H and O–H groups in total. The second-order valence-corrected chi connectivity index (χ2v) is 8.27. The normalized spacial score (nSPS) is 24.5. The fraction of sp³-hybridized carbons (Fsp3) is 0.933. The molecule has 2 fully saturated rings. The van der Waals surface area contributed by atoms with Gasteiger partial charge in [0.05, 0.1) is 19.5 Å². The number of amides is 1. The Morgan fingerprint density at radius 1 is 1.17 bits per heavy atom. The second-order valence-electron chi connectivity index (χ2n) is 6.34. The van der Waals surface area contributed by atoms with Crippen molar-refractivity contribution in [2.75, 3.05) is 52.2 Å². The molecule has 2 aliphatic rings. The van der Waals surface area contributed by atoms with Gasteiger partial charge in [0.1, 0.15) is 6.04 Å². The maximum Gasteiger partial charge on any atom is 0.238 e. The van der Waals surface area contributed by atoms with Crippen molar-refractivity contribution < 1.29 is 17.9 Å². The Kier molecular flexibility index (Phi) is 7.26. The zero-order valence-electron chi connectivity index (χ0n) is 14.0. The summed E-state index contributed by atoms with van der Waals surface area (Å²) in [5.41, 5.74) is 0. The van der Waals surface area contributed by atoms with Crippen LogP contribution in [-0.4, -0.2) is 81.8 Å². The first-order valence-electron chi connectivity index (χ1n) is 8.53. The highest BCUT2D eigenvalue weighted by atomic mass is 32.2. The van der Waals surface area contributed by atoms with Crippen LogP contribution in [0.1, 0.15) is 32.1 Å². The van der Waals surface area contributed by atoms with Gasteiger partial charge in [0, 0.05) is 26.2 Å². The van der Waals surface area contributed by atoms with E-state index in [2.05, 4.69) is 10.2 Å². The number of piperidine rings is 1.